The van der Waals surface area contributed by atoms with E-state index >= 15 is 0 Å². The van der Waals surface area contributed by atoms with Gasteiger partial charge in [0.05, 0.1) is 12.6 Å². The first kappa shape index (κ1) is 24.6. The SMILES string of the molecule is CC(NC(=O)CNC(=O)C(Cc1ccccc1)NC(=O)C(N)CCC(N)=O)C(=O)O. The summed E-state index contributed by atoms with van der Waals surface area (Å²) < 4.78 is 0. The zero-order valence-electron chi connectivity index (χ0n) is 16.6. The van der Waals surface area contributed by atoms with Crippen LogP contribution < -0.4 is 27.4 Å². The molecule has 0 saturated carbocycles. The Bertz CT molecular complexity index is 770. The fraction of sp³-hybridized carbons (Fsp3) is 0.421. The molecule has 0 heterocycles. The van der Waals surface area contributed by atoms with Gasteiger partial charge in [0, 0.05) is 12.8 Å². The van der Waals surface area contributed by atoms with Crippen molar-refractivity contribution in [3.8, 4) is 0 Å². The maximum absolute atomic E-state index is 12.6. The second-order valence-corrected chi connectivity index (χ2v) is 6.71. The van der Waals surface area contributed by atoms with Gasteiger partial charge < -0.3 is 32.5 Å². The number of carboxylic acids is 1. The third-order valence-electron chi connectivity index (χ3n) is 4.13. The first-order valence-corrected chi connectivity index (χ1v) is 9.28. The average Bonchev–Trinajstić information content (AvgIpc) is 2.70. The Balaban J connectivity index is 2.75. The number of benzene rings is 1. The molecule has 1 aromatic rings. The fourth-order valence-corrected chi connectivity index (χ4v) is 2.41. The van der Waals surface area contributed by atoms with E-state index in [1.54, 1.807) is 30.3 Å². The third-order valence-corrected chi connectivity index (χ3v) is 4.13. The van der Waals surface area contributed by atoms with Crippen molar-refractivity contribution in [3.63, 3.8) is 0 Å². The topological polar surface area (TPSA) is 194 Å². The molecule has 0 radical (unpaired) electrons. The molecule has 11 heteroatoms. The van der Waals surface area contributed by atoms with Gasteiger partial charge in [-0.2, -0.15) is 0 Å². The number of primary amides is 1. The number of carbonyl (C=O) groups excluding carboxylic acids is 4. The van der Waals surface area contributed by atoms with E-state index in [-0.39, 0.29) is 19.3 Å². The summed E-state index contributed by atoms with van der Waals surface area (Å²) in [5.41, 5.74) is 11.5. The number of rotatable bonds is 12. The summed E-state index contributed by atoms with van der Waals surface area (Å²) >= 11 is 0. The van der Waals surface area contributed by atoms with Crippen LogP contribution >= 0.6 is 0 Å². The lowest BCUT2D eigenvalue weighted by Gasteiger charge is -2.21. The Morgan fingerprint density at radius 2 is 1.67 bits per heavy atom. The summed E-state index contributed by atoms with van der Waals surface area (Å²) in [6.07, 6.45) is 0.0799. The van der Waals surface area contributed by atoms with Crippen molar-refractivity contribution in [2.75, 3.05) is 6.54 Å². The lowest BCUT2D eigenvalue weighted by molar-refractivity contribution is -0.141. The van der Waals surface area contributed by atoms with Gasteiger partial charge in [-0.05, 0) is 18.9 Å². The lowest BCUT2D eigenvalue weighted by Crippen LogP contribution is -2.54. The molecule has 0 aromatic heterocycles. The van der Waals surface area contributed by atoms with Crippen molar-refractivity contribution >= 4 is 29.6 Å². The molecule has 0 aliphatic heterocycles. The highest BCUT2D eigenvalue weighted by molar-refractivity contribution is 5.92. The Hall–Kier alpha value is -3.47. The number of hydrogen-bond donors (Lipinski definition) is 6. The lowest BCUT2D eigenvalue weighted by atomic mass is 10.0. The van der Waals surface area contributed by atoms with E-state index in [0.717, 1.165) is 5.56 Å². The van der Waals surface area contributed by atoms with E-state index in [1.807, 2.05) is 0 Å². The standard InChI is InChI=1S/C19H27N5O6/c1-11(19(29)30)23-16(26)10-22-18(28)14(9-12-5-3-2-4-6-12)24-17(27)13(20)7-8-15(21)25/h2-6,11,13-14H,7-10,20H2,1H3,(H2,21,25)(H,22,28)(H,23,26)(H,24,27)(H,29,30). The van der Waals surface area contributed by atoms with Crippen LogP contribution in [0.5, 0.6) is 0 Å². The van der Waals surface area contributed by atoms with Gasteiger partial charge in [-0.3, -0.25) is 24.0 Å². The molecule has 3 unspecified atom stereocenters. The van der Waals surface area contributed by atoms with Gasteiger partial charge in [-0.25, -0.2) is 0 Å². The Kier molecular flexibility index (Phi) is 9.97. The van der Waals surface area contributed by atoms with Crippen LogP contribution in [0.2, 0.25) is 0 Å². The van der Waals surface area contributed by atoms with E-state index in [2.05, 4.69) is 16.0 Å². The van der Waals surface area contributed by atoms with Crippen LogP contribution in [0.4, 0.5) is 0 Å². The quantitative estimate of drug-likeness (QED) is 0.225. The van der Waals surface area contributed by atoms with Gasteiger partial charge >= 0.3 is 5.97 Å². The highest BCUT2D eigenvalue weighted by Gasteiger charge is 2.25. The zero-order chi connectivity index (χ0) is 22.7. The highest BCUT2D eigenvalue weighted by Crippen LogP contribution is 2.05. The minimum absolute atomic E-state index is 0.0241. The predicted molar refractivity (Wildman–Crippen MR) is 107 cm³/mol. The number of nitrogens with two attached hydrogens (primary N) is 2. The van der Waals surface area contributed by atoms with E-state index < -0.39 is 54.3 Å². The van der Waals surface area contributed by atoms with Crippen LogP contribution in [0.15, 0.2) is 30.3 Å². The summed E-state index contributed by atoms with van der Waals surface area (Å²) in [6.45, 7) is 0.819. The van der Waals surface area contributed by atoms with Crippen LogP contribution in [0.1, 0.15) is 25.3 Å². The molecule has 1 rings (SSSR count). The fourth-order valence-electron chi connectivity index (χ4n) is 2.41. The largest absolute Gasteiger partial charge is 0.480 e. The molecule has 0 aliphatic rings. The van der Waals surface area contributed by atoms with Gasteiger partial charge in [0.1, 0.15) is 12.1 Å². The molecule has 0 fully saturated rings. The minimum Gasteiger partial charge on any atom is -0.480 e. The molecule has 0 bridgehead atoms. The molecular weight excluding hydrogens is 394 g/mol. The monoisotopic (exact) mass is 421 g/mol. The molecule has 1 aromatic carbocycles. The summed E-state index contributed by atoms with van der Waals surface area (Å²) in [5.74, 6) is -3.79. The molecule has 11 nitrogen and oxygen atoms in total. The third kappa shape index (κ3) is 9.15. The molecule has 0 aliphatic carbocycles. The number of carbonyl (C=O) groups is 5. The Labute approximate surface area is 173 Å². The maximum atomic E-state index is 12.6. The summed E-state index contributed by atoms with van der Waals surface area (Å²) in [7, 11) is 0. The average molecular weight is 421 g/mol. The van der Waals surface area contributed by atoms with Crippen molar-refractivity contribution in [2.24, 2.45) is 11.5 Å². The van der Waals surface area contributed by atoms with Crippen molar-refractivity contribution in [1.82, 2.24) is 16.0 Å². The second kappa shape index (κ2) is 12.2. The summed E-state index contributed by atoms with van der Waals surface area (Å²) in [4.78, 5) is 58.3. The van der Waals surface area contributed by atoms with Gasteiger partial charge in [0.15, 0.2) is 0 Å². The summed E-state index contributed by atoms with van der Waals surface area (Å²) in [6, 6.07) is 5.67. The van der Waals surface area contributed by atoms with Gasteiger partial charge in [0.2, 0.25) is 23.6 Å². The first-order valence-electron chi connectivity index (χ1n) is 9.28. The Morgan fingerprint density at radius 3 is 2.23 bits per heavy atom. The van der Waals surface area contributed by atoms with Crippen LogP contribution in [0.25, 0.3) is 0 Å². The van der Waals surface area contributed by atoms with Gasteiger partial charge in [-0.15, -0.1) is 0 Å². The maximum Gasteiger partial charge on any atom is 0.325 e. The molecule has 3 atom stereocenters. The van der Waals surface area contributed by atoms with Crippen molar-refractivity contribution in [1.29, 1.82) is 0 Å². The second-order valence-electron chi connectivity index (χ2n) is 6.71. The van der Waals surface area contributed by atoms with E-state index in [4.69, 9.17) is 16.6 Å². The minimum atomic E-state index is -1.21. The number of hydrogen-bond acceptors (Lipinski definition) is 6. The van der Waals surface area contributed by atoms with Crippen molar-refractivity contribution in [3.05, 3.63) is 35.9 Å². The van der Waals surface area contributed by atoms with Crippen LogP contribution in [-0.2, 0) is 30.4 Å². The predicted octanol–water partition coefficient (Wildman–Crippen LogP) is -1.99. The molecule has 0 saturated heterocycles. The van der Waals surface area contributed by atoms with Crippen molar-refractivity contribution in [2.45, 2.75) is 44.3 Å². The number of amides is 4. The van der Waals surface area contributed by atoms with E-state index in [9.17, 15) is 24.0 Å². The smallest absolute Gasteiger partial charge is 0.325 e. The molecule has 30 heavy (non-hydrogen) atoms. The van der Waals surface area contributed by atoms with Crippen LogP contribution in [0, 0.1) is 0 Å². The van der Waals surface area contributed by atoms with Crippen molar-refractivity contribution < 1.29 is 29.1 Å². The Morgan fingerprint density at radius 1 is 1.03 bits per heavy atom. The molecule has 0 spiro atoms. The molecule has 8 N–H and O–H groups in total. The van der Waals surface area contributed by atoms with Gasteiger partial charge in [-0.1, -0.05) is 30.3 Å². The highest BCUT2D eigenvalue weighted by atomic mass is 16.4. The normalized spacial score (nSPS) is 13.4. The number of nitrogens with one attached hydrogen (secondary N) is 3. The number of aliphatic carboxylic acids is 1. The molecule has 4 amide bonds. The number of carboxylic acid groups (broad SMARTS) is 1. The van der Waals surface area contributed by atoms with Crippen LogP contribution in [-0.4, -0.2) is 59.4 Å². The van der Waals surface area contributed by atoms with Gasteiger partial charge in [0.25, 0.3) is 0 Å². The molecular formula is C19H27N5O6. The zero-order valence-corrected chi connectivity index (χ0v) is 16.6. The first-order chi connectivity index (χ1) is 14.1. The summed E-state index contributed by atoms with van der Waals surface area (Å²) in [5, 5.41) is 15.9. The van der Waals surface area contributed by atoms with E-state index in [0.29, 0.717) is 0 Å². The van der Waals surface area contributed by atoms with Crippen LogP contribution in [0.3, 0.4) is 0 Å². The van der Waals surface area contributed by atoms with E-state index in [1.165, 1.54) is 6.92 Å². The molecule has 164 valence electrons.